The second-order valence-corrected chi connectivity index (χ2v) is 6.58. The third kappa shape index (κ3) is 2.23. The summed E-state index contributed by atoms with van der Waals surface area (Å²) in [5.74, 6) is 1.75. The molecule has 0 nitrogen and oxygen atoms in total. The maximum atomic E-state index is 2.34. The largest absolute Gasteiger partial charge is 0.154 e. The normalized spacial score (nSPS) is 25.3. The van der Waals surface area contributed by atoms with E-state index in [-0.39, 0.29) is 4.75 Å². The van der Waals surface area contributed by atoms with Crippen LogP contribution in [0.4, 0.5) is 0 Å². The van der Waals surface area contributed by atoms with Crippen LogP contribution in [0.3, 0.4) is 0 Å². The summed E-state index contributed by atoms with van der Waals surface area (Å²) in [7, 11) is 0. The highest BCUT2D eigenvalue weighted by Gasteiger charge is 2.33. The first-order valence-corrected chi connectivity index (χ1v) is 6.92. The van der Waals surface area contributed by atoms with Gasteiger partial charge in [0, 0.05) is 4.75 Å². The zero-order chi connectivity index (χ0) is 11.1. The summed E-state index contributed by atoms with van der Waals surface area (Å²) < 4.78 is 0.244. The lowest BCUT2D eigenvalue weighted by molar-refractivity contribution is 0.783. The third-order valence-electron chi connectivity index (χ3n) is 3.65. The Kier molecular flexibility index (Phi) is 2.85. The summed E-state index contributed by atoms with van der Waals surface area (Å²) in [5.41, 5.74) is 2.97. The van der Waals surface area contributed by atoms with Crippen LogP contribution >= 0.6 is 11.8 Å². The van der Waals surface area contributed by atoms with Crippen molar-refractivity contribution in [3.63, 3.8) is 0 Å². The highest BCUT2D eigenvalue weighted by Crippen LogP contribution is 2.47. The Morgan fingerprint density at radius 3 is 2.13 bits per heavy atom. The van der Waals surface area contributed by atoms with Crippen molar-refractivity contribution in [3.05, 3.63) is 35.4 Å². The first kappa shape index (κ1) is 11.1. The summed E-state index contributed by atoms with van der Waals surface area (Å²) in [5, 5.41) is 0. The highest BCUT2D eigenvalue weighted by atomic mass is 32.2. The van der Waals surface area contributed by atoms with E-state index in [0.717, 1.165) is 11.8 Å². The molecular formula is C14H20S. The molecule has 2 atom stereocenters. The van der Waals surface area contributed by atoms with Gasteiger partial charge in [-0.15, -0.1) is 0 Å². The van der Waals surface area contributed by atoms with Gasteiger partial charge in [0.2, 0.25) is 0 Å². The number of hydrogen-bond acceptors (Lipinski definition) is 1. The van der Waals surface area contributed by atoms with Crippen LogP contribution in [-0.2, 0) is 4.75 Å². The van der Waals surface area contributed by atoms with Gasteiger partial charge in [0.15, 0.2) is 0 Å². The van der Waals surface area contributed by atoms with Crippen LogP contribution in [0.1, 0.15) is 44.2 Å². The molecule has 0 radical (unpaired) electrons. The van der Waals surface area contributed by atoms with Gasteiger partial charge in [0.05, 0.1) is 0 Å². The van der Waals surface area contributed by atoms with Crippen molar-refractivity contribution in [2.45, 2.75) is 37.9 Å². The molecule has 0 aromatic heterocycles. The monoisotopic (exact) mass is 220 g/mol. The quantitative estimate of drug-likeness (QED) is 0.727. The van der Waals surface area contributed by atoms with Gasteiger partial charge in [-0.25, -0.2) is 0 Å². The van der Waals surface area contributed by atoms with Gasteiger partial charge in [-0.3, -0.25) is 0 Å². The average Bonchev–Trinajstić information content (AvgIpc) is 2.96. The van der Waals surface area contributed by atoms with Crippen molar-refractivity contribution >= 4 is 11.8 Å². The van der Waals surface area contributed by atoms with Crippen LogP contribution < -0.4 is 0 Å². The molecule has 1 fully saturated rings. The van der Waals surface area contributed by atoms with Crippen molar-refractivity contribution in [1.29, 1.82) is 0 Å². The smallest absolute Gasteiger partial charge is 0.0349 e. The Labute approximate surface area is 97.5 Å². The van der Waals surface area contributed by atoms with Gasteiger partial charge in [0.1, 0.15) is 0 Å². The van der Waals surface area contributed by atoms with Crippen molar-refractivity contribution in [1.82, 2.24) is 0 Å². The van der Waals surface area contributed by atoms with Crippen molar-refractivity contribution < 1.29 is 0 Å². The lowest BCUT2D eigenvalue weighted by Crippen LogP contribution is -2.10. The van der Waals surface area contributed by atoms with E-state index in [1.807, 2.05) is 11.8 Å². The van der Waals surface area contributed by atoms with E-state index in [0.29, 0.717) is 0 Å². The van der Waals surface area contributed by atoms with Gasteiger partial charge in [-0.2, -0.15) is 11.8 Å². The van der Waals surface area contributed by atoms with E-state index >= 15 is 0 Å². The Balaban J connectivity index is 2.17. The molecule has 1 aliphatic carbocycles. The second-order valence-electron chi connectivity index (χ2n) is 5.16. The molecule has 82 valence electrons. The fourth-order valence-electron chi connectivity index (χ4n) is 2.04. The minimum Gasteiger partial charge on any atom is -0.154 e. The Morgan fingerprint density at radius 2 is 1.73 bits per heavy atom. The first-order chi connectivity index (χ1) is 7.04. The average molecular weight is 220 g/mol. The molecule has 15 heavy (non-hydrogen) atoms. The maximum absolute atomic E-state index is 2.34. The molecule has 0 heterocycles. The van der Waals surface area contributed by atoms with E-state index in [4.69, 9.17) is 0 Å². The number of thioether (sulfide) groups is 1. The summed E-state index contributed by atoms with van der Waals surface area (Å²) >= 11 is 1.91. The van der Waals surface area contributed by atoms with E-state index < -0.39 is 0 Å². The molecule has 1 saturated carbocycles. The van der Waals surface area contributed by atoms with Crippen molar-refractivity contribution in [3.8, 4) is 0 Å². The molecule has 0 bridgehead atoms. The standard InChI is InChI=1S/C14H20S/c1-10-9-13(10)11-5-7-12(8-6-11)14(2,3)15-4/h5-8,10,13H,9H2,1-4H3. The zero-order valence-corrected chi connectivity index (χ0v) is 10.9. The molecule has 1 aliphatic rings. The third-order valence-corrected chi connectivity index (χ3v) is 4.91. The molecule has 0 spiro atoms. The van der Waals surface area contributed by atoms with Crippen molar-refractivity contribution in [2.24, 2.45) is 5.92 Å². The second kappa shape index (κ2) is 3.86. The topological polar surface area (TPSA) is 0 Å². The molecule has 1 aromatic carbocycles. The van der Waals surface area contributed by atoms with Gasteiger partial charge in [-0.05, 0) is 49.5 Å². The first-order valence-electron chi connectivity index (χ1n) is 5.70. The van der Waals surface area contributed by atoms with Crippen LogP contribution in [0.25, 0.3) is 0 Å². The molecular weight excluding hydrogens is 200 g/mol. The number of rotatable bonds is 3. The minimum atomic E-state index is 0.244. The lowest BCUT2D eigenvalue weighted by Gasteiger charge is -2.22. The van der Waals surface area contributed by atoms with Crippen LogP contribution in [0, 0.1) is 5.92 Å². The molecule has 0 amide bonds. The Bertz CT molecular complexity index is 337. The molecule has 2 rings (SSSR count). The lowest BCUT2D eigenvalue weighted by atomic mass is 9.99. The van der Waals surface area contributed by atoms with Crippen LogP contribution in [0.5, 0.6) is 0 Å². The predicted octanol–water partition coefficient (Wildman–Crippen LogP) is 4.41. The van der Waals surface area contributed by atoms with Crippen LogP contribution in [0.15, 0.2) is 24.3 Å². The maximum Gasteiger partial charge on any atom is 0.0349 e. The van der Waals surface area contributed by atoms with Crippen molar-refractivity contribution in [2.75, 3.05) is 6.26 Å². The molecule has 0 N–H and O–H groups in total. The fraction of sp³-hybridized carbons (Fsp3) is 0.571. The minimum absolute atomic E-state index is 0.244. The van der Waals surface area contributed by atoms with E-state index in [1.165, 1.54) is 17.5 Å². The van der Waals surface area contributed by atoms with E-state index in [2.05, 4.69) is 51.3 Å². The summed E-state index contributed by atoms with van der Waals surface area (Å²) in [6.07, 6.45) is 3.56. The Morgan fingerprint density at radius 1 is 1.20 bits per heavy atom. The molecule has 0 aliphatic heterocycles. The number of hydrogen-bond donors (Lipinski definition) is 0. The SMILES string of the molecule is CSC(C)(C)c1ccc(C2CC2C)cc1. The molecule has 2 unspecified atom stereocenters. The van der Waals surface area contributed by atoms with Crippen LogP contribution in [0.2, 0.25) is 0 Å². The zero-order valence-electron chi connectivity index (χ0n) is 10.1. The summed E-state index contributed by atoms with van der Waals surface area (Å²) in [4.78, 5) is 0. The summed E-state index contributed by atoms with van der Waals surface area (Å²) in [6.45, 7) is 6.91. The van der Waals surface area contributed by atoms with Gasteiger partial charge in [-0.1, -0.05) is 31.2 Å². The Hall–Kier alpha value is -0.430. The van der Waals surface area contributed by atoms with Crippen LogP contribution in [-0.4, -0.2) is 6.26 Å². The molecule has 1 heteroatoms. The van der Waals surface area contributed by atoms with E-state index in [1.54, 1.807) is 0 Å². The molecule has 1 aromatic rings. The van der Waals surface area contributed by atoms with Gasteiger partial charge < -0.3 is 0 Å². The highest BCUT2D eigenvalue weighted by molar-refractivity contribution is 7.99. The number of benzene rings is 1. The van der Waals surface area contributed by atoms with Gasteiger partial charge >= 0.3 is 0 Å². The molecule has 0 saturated heterocycles. The summed E-state index contributed by atoms with van der Waals surface area (Å²) in [6, 6.07) is 9.25. The predicted molar refractivity (Wildman–Crippen MR) is 69.5 cm³/mol. The van der Waals surface area contributed by atoms with Gasteiger partial charge in [0.25, 0.3) is 0 Å². The van der Waals surface area contributed by atoms with E-state index in [9.17, 15) is 0 Å². The fourth-order valence-corrected chi connectivity index (χ4v) is 2.41.